The summed E-state index contributed by atoms with van der Waals surface area (Å²) in [6.45, 7) is 1.19. The zero-order chi connectivity index (χ0) is 14.0. The van der Waals surface area contributed by atoms with E-state index in [9.17, 15) is 19.3 Å². The Kier molecular flexibility index (Phi) is 3.23. The highest BCUT2D eigenvalue weighted by atomic mass is 19.1. The lowest BCUT2D eigenvalue weighted by Gasteiger charge is -2.08. The van der Waals surface area contributed by atoms with Gasteiger partial charge in [0.1, 0.15) is 11.5 Å². The predicted octanol–water partition coefficient (Wildman–Crippen LogP) is 1.88. The van der Waals surface area contributed by atoms with Crippen molar-refractivity contribution in [3.05, 3.63) is 46.8 Å². The van der Waals surface area contributed by atoms with Crippen molar-refractivity contribution in [3.63, 3.8) is 0 Å². The molecule has 1 aromatic carbocycles. The first-order valence-electron chi connectivity index (χ1n) is 5.23. The topological polar surface area (TPSA) is 90.1 Å². The molecule has 0 saturated carbocycles. The molecule has 2 rings (SSSR count). The molecule has 0 bridgehead atoms. The molecule has 0 fully saturated rings. The third kappa shape index (κ3) is 2.57. The molecule has 1 aromatic heterocycles. The Hall–Kier alpha value is -2.77. The van der Waals surface area contributed by atoms with Crippen molar-refractivity contribution in [1.82, 2.24) is 9.55 Å². The van der Waals surface area contributed by atoms with Crippen LogP contribution in [-0.4, -0.2) is 20.4 Å². The number of aromatic nitrogens is 2. The van der Waals surface area contributed by atoms with E-state index in [-0.39, 0.29) is 17.1 Å². The number of carbonyl (C=O) groups excluding carboxylic acids is 1. The van der Waals surface area contributed by atoms with Crippen LogP contribution in [0.5, 0.6) is 0 Å². The van der Waals surface area contributed by atoms with Gasteiger partial charge in [-0.15, -0.1) is 0 Å². The summed E-state index contributed by atoms with van der Waals surface area (Å²) in [4.78, 5) is 24.9. The number of nitrogens with one attached hydrogen (secondary N) is 1. The first-order chi connectivity index (χ1) is 8.99. The number of nitro benzene ring substituents is 1. The lowest BCUT2D eigenvalue weighted by molar-refractivity contribution is -0.383. The van der Waals surface area contributed by atoms with E-state index in [4.69, 9.17) is 0 Å². The molecule has 2 aromatic rings. The van der Waals surface area contributed by atoms with Crippen molar-refractivity contribution < 1.29 is 14.1 Å². The van der Waals surface area contributed by atoms with E-state index in [0.29, 0.717) is 0 Å². The van der Waals surface area contributed by atoms with Gasteiger partial charge in [0.05, 0.1) is 16.9 Å². The predicted molar refractivity (Wildman–Crippen MR) is 64.5 cm³/mol. The highest BCUT2D eigenvalue weighted by Gasteiger charge is 2.20. The van der Waals surface area contributed by atoms with Crippen LogP contribution >= 0.6 is 0 Å². The average molecular weight is 264 g/mol. The van der Waals surface area contributed by atoms with Crippen molar-refractivity contribution >= 4 is 17.3 Å². The first-order valence-corrected chi connectivity index (χ1v) is 5.23. The van der Waals surface area contributed by atoms with Gasteiger partial charge in [0.25, 0.3) is 5.69 Å². The van der Waals surface area contributed by atoms with Crippen LogP contribution in [0.3, 0.4) is 0 Å². The number of hydrogen-bond donors (Lipinski definition) is 1. The number of imidazole rings is 1. The summed E-state index contributed by atoms with van der Waals surface area (Å²) in [6, 6.07) is 1.96. The minimum absolute atomic E-state index is 0.0155. The van der Waals surface area contributed by atoms with E-state index >= 15 is 0 Å². The molecule has 0 atom stereocenters. The number of hydrogen-bond acceptors (Lipinski definition) is 4. The molecule has 1 N–H and O–H groups in total. The lowest BCUT2D eigenvalue weighted by Crippen LogP contribution is -2.09. The molecule has 98 valence electrons. The number of rotatable bonds is 3. The minimum atomic E-state index is -0.702. The van der Waals surface area contributed by atoms with Crippen molar-refractivity contribution in [2.75, 3.05) is 5.32 Å². The van der Waals surface area contributed by atoms with Gasteiger partial charge < -0.3 is 9.88 Å². The van der Waals surface area contributed by atoms with Crippen molar-refractivity contribution in [2.45, 2.75) is 6.92 Å². The largest absolute Gasteiger partial charge is 0.321 e. The van der Waals surface area contributed by atoms with Gasteiger partial charge in [0, 0.05) is 31.5 Å². The number of carbonyl (C=O) groups is 1. The van der Waals surface area contributed by atoms with E-state index in [1.807, 2.05) is 0 Å². The van der Waals surface area contributed by atoms with Gasteiger partial charge in [0.2, 0.25) is 5.91 Å². The van der Waals surface area contributed by atoms with Crippen LogP contribution in [0.2, 0.25) is 0 Å². The molecule has 0 unspecified atom stereocenters. The third-order valence-electron chi connectivity index (χ3n) is 2.36. The van der Waals surface area contributed by atoms with Crippen LogP contribution < -0.4 is 5.32 Å². The van der Waals surface area contributed by atoms with Gasteiger partial charge in [0.15, 0.2) is 0 Å². The zero-order valence-corrected chi connectivity index (χ0v) is 9.83. The Labute approximate surface area is 106 Å². The summed E-state index contributed by atoms with van der Waals surface area (Å²) in [7, 11) is 0. The Morgan fingerprint density at radius 2 is 2.26 bits per heavy atom. The second-order valence-corrected chi connectivity index (χ2v) is 3.73. The summed E-state index contributed by atoms with van der Waals surface area (Å²) >= 11 is 0. The first kappa shape index (κ1) is 12.7. The Morgan fingerprint density at radius 1 is 1.53 bits per heavy atom. The highest BCUT2D eigenvalue weighted by molar-refractivity contribution is 5.91. The van der Waals surface area contributed by atoms with Gasteiger partial charge in [-0.2, -0.15) is 0 Å². The minimum Gasteiger partial charge on any atom is -0.321 e. The van der Waals surface area contributed by atoms with Gasteiger partial charge in [-0.1, -0.05) is 0 Å². The average Bonchev–Trinajstić information content (AvgIpc) is 2.81. The van der Waals surface area contributed by atoms with Gasteiger partial charge in [-0.3, -0.25) is 14.9 Å². The Morgan fingerprint density at radius 3 is 2.79 bits per heavy atom. The second kappa shape index (κ2) is 4.84. The van der Waals surface area contributed by atoms with E-state index in [1.165, 1.54) is 30.2 Å². The maximum absolute atomic E-state index is 13.9. The van der Waals surface area contributed by atoms with Crippen LogP contribution in [0, 0.1) is 15.9 Å². The van der Waals surface area contributed by atoms with Crippen LogP contribution in [0.25, 0.3) is 5.69 Å². The molecule has 0 radical (unpaired) electrons. The molecule has 0 aliphatic heterocycles. The van der Waals surface area contributed by atoms with E-state index < -0.39 is 16.6 Å². The van der Waals surface area contributed by atoms with E-state index in [0.717, 1.165) is 12.1 Å². The quantitative estimate of drug-likeness (QED) is 0.676. The smallest absolute Gasteiger partial charge is 0.295 e. The molecule has 0 aliphatic rings. The fourth-order valence-electron chi connectivity index (χ4n) is 1.59. The molecule has 1 heterocycles. The molecule has 7 nitrogen and oxygen atoms in total. The number of halogens is 1. The van der Waals surface area contributed by atoms with Crippen LogP contribution in [0.15, 0.2) is 30.9 Å². The van der Waals surface area contributed by atoms with Crippen molar-refractivity contribution in [1.29, 1.82) is 0 Å². The van der Waals surface area contributed by atoms with Crippen LogP contribution in [0.1, 0.15) is 6.92 Å². The number of anilines is 1. The summed E-state index contributed by atoms with van der Waals surface area (Å²) in [5.41, 5.74) is -0.586. The molecule has 1 amide bonds. The van der Waals surface area contributed by atoms with E-state index in [2.05, 4.69) is 10.3 Å². The van der Waals surface area contributed by atoms with Gasteiger partial charge in [-0.25, -0.2) is 9.37 Å². The molecular weight excluding hydrogens is 255 g/mol. The van der Waals surface area contributed by atoms with Crippen LogP contribution in [0.4, 0.5) is 15.8 Å². The highest BCUT2D eigenvalue weighted by Crippen LogP contribution is 2.29. The molecule has 0 spiro atoms. The molecule has 8 heteroatoms. The summed E-state index contributed by atoms with van der Waals surface area (Å²) in [5, 5.41) is 13.2. The number of nitro groups is 1. The summed E-state index contributed by atoms with van der Waals surface area (Å²) in [6.07, 6.45) is 4.20. The molecular formula is C11H9FN4O3. The normalized spacial score (nSPS) is 10.2. The summed E-state index contributed by atoms with van der Waals surface area (Å²) < 4.78 is 15.2. The fourth-order valence-corrected chi connectivity index (χ4v) is 1.59. The number of benzene rings is 1. The monoisotopic (exact) mass is 264 g/mol. The Bertz CT molecular complexity index is 640. The molecule has 0 aliphatic carbocycles. The fraction of sp³-hybridized carbons (Fsp3) is 0.0909. The zero-order valence-electron chi connectivity index (χ0n) is 9.83. The third-order valence-corrected chi connectivity index (χ3v) is 2.36. The SMILES string of the molecule is CC(=O)Nc1cc(F)c(-n2ccnc2)cc1[N+](=O)[O-]. The maximum atomic E-state index is 13.9. The number of nitrogens with zero attached hydrogens (tertiary/aromatic N) is 3. The molecule has 19 heavy (non-hydrogen) atoms. The van der Waals surface area contributed by atoms with Crippen molar-refractivity contribution in [2.24, 2.45) is 0 Å². The van der Waals surface area contributed by atoms with Gasteiger partial charge >= 0.3 is 0 Å². The van der Waals surface area contributed by atoms with E-state index in [1.54, 1.807) is 0 Å². The summed E-state index contributed by atoms with van der Waals surface area (Å²) in [5.74, 6) is -1.22. The molecule has 0 saturated heterocycles. The standard InChI is InChI=1S/C11H9FN4O3/c1-7(17)14-9-4-8(12)10(5-11(9)16(18)19)15-3-2-13-6-15/h2-6H,1H3,(H,14,17). The Balaban J connectivity index is 2.58. The maximum Gasteiger partial charge on any atom is 0.295 e. The lowest BCUT2D eigenvalue weighted by atomic mass is 10.2. The van der Waals surface area contributed by atoms with Gasteiger partial charge in [-0.05, 0) is 0 Å². The number of amides is 1. The second-order valence-electron chi connectivity index (χ2n) is 3.73. The van der Waals surface area contributed by atoms with Crippen molar-refractivity contribution in [3.8, 4) is 5.69 Å². The van der Waals surface area contributed by atoms with Crippen LogP contribution in [-0.2, 0) is 4.79 Å².